The molecule has 1 saturated carbocycles. The highest BCUT2D eigenvalue weighted by Gasteiger charge is 2.27. The van der Waals surface area contributed by atoms with E-state index in [1.54, 1.807) is 25.1 Å². The third-order valence-corrected chi connectivity index (χ3v) is 13.4. The van der Waals surface area contributed by atoms with E-state index in [-0.39, 0.29) is 29.1 Å². The number of hydrogen-bond acceptors (Lipinski definition) is 13. The van der Waals surface area contributed by atoms with Gasteiger partial charge in [-0.05, 0) is 82.1 Å². The quantitative estimate of drug-likeness (QED) is 0.124. The van der Waals surface area contributed by atoms with Crippen molar-refractivity contribution in [1.29, 1.82) is 0 Å². The number of hydrogen-bond donors (Lipinski definition) is 2. The fourth-order valence-electron chi connectivity index (χ4n) is 9.76. The van der Waals surface area contributed by atoms with Gasteiger partial charge in [-0.1, -0.05) is 25.8 Å². The van der Waals surface area contributed by atoms with Crippen molar-refractivity contribution in [2.75, 3.05) is 83.2 Å². The first-order valence-corrected chi connectivity index (χ1v) is 24.3. The molecule has 0 spiro atoms. The first kappa shape index (κ1) is 47.6. The van der Waals surface area contributed by atoms with E-state index in [1.165, 1.54) is 18.9 Å². The number of carbonyl (C=O) groups excluding carboxylic acids is 1. The minimum atomic E-state index is -0.636. The Balaban J connectivity index is 0.000000174. The number of fused-ring (bicyclic) bond motifs is 2. The summed E-state index contributed by atoms with van der Waals surface area (Å²) in [5.74, 6) is 1.03. The van der Waals surface area contributed by atoms with Crippen molar-refractivity contribution in [3.63, 3.8) is 0 Å². The number of imidazole rings is 1. The minimum absolute atomic E-state index is 0.00954. The van der Waals surface area contributed by atoms with Crippen molar-refractivity contribution < 1.29 is 13.6 Å². The Labute approximate surface area is 402 Å². The number of anilines is 3. The maximum atomic E-state index is 14.9. The van der Waals surface area contributed by atoms with Gasteiger partial charge in [0.1, 0.15) is 40.0 Å². The average molecular weight is 940 g/mol. The summed E-state index contributed by atoms with van der Waals surface area (Å²) in [7, 11) is 3.59. The normalized spacial score (nSPS) is 16.1. The number of amides is 1. The number of nitrogens with one attached hydrogen (secondary N) is 2. The SMILES string of the molecule is CCN1CCN(Cc2ccc(Nc3ncc(F)c(-c4cc(F)c5nc(C)n(C(C)C)c5c4)n3)nc2)CC1.CN(C)C(=O)c1cc2cnc(Cc3ccc(N4CCNCC4)cn3)nc2n1C1CCCC1. The highest BCUT2D eigenvalue weighted by molar-refractivity contribution is 5.97. The van der Waals surface area contributed by atoms with E-state index in [0.29, 0.717) is 40.9 Å². The topological polar surface area (TPSA) is 154 Å². The molecule has 3 aliphatic rings. The lowest BCUT2D eigenvalue weighted by Gasteiger charge is -2.33. The summed E-state index contributed by atoms with van der Waals surface area (Å²) in [5.41, 5.74) is 6.00. The van der Waals surface area contributed by atoms with Crippen molar-refractivity contribution in [3.8, 4) is 11.3 Å². The van der Waals surface area contributed by atoms with Gasteiger partial charge in [-0.3, -0.25) is 14.7 Å². The second-order valence-corrected chi connectivity index (χ2v) is 18.7. The van der Waals surface area contributed by atoms with Crippen molar-refractivity contribution in [2.24, 2.45) is 0 Å². The number of nitrogens with zero attached hydrogens (tertiary/aromatic N) is 13. The monoisotopic (exact) mass is 940 g/mol. The number of benzene rings is 1. The van der Waals surface area contributed by atoms with Crippen LogP contribution in [-0.4, -0.2) is 138 Å². The molecule has 0 bridgehead atoms. The molecule has 16 nitrogen and oxygen atoms in total. The van der Waals surface area contributed by atoms with E-state index in [9.17, 15) is 13.6 Å². The van der Waals surface area contributed by atoms with Crippen molar-refractivity contribution >= 4 is 45.4 Å². The fourth-order valence-corrected chi connectivity index (χ4v) is 9.76. The van der Waals surface area contributed by atoms with E-state index in [1.807, 2.05) is 62.1 Å². The van der Waals surface area contributed by atoms with Crippen LogP contribution < -0.4 is 15.5 Å². The smallest absolute Gasteiger partial charge is 0.270 e. The molecule has 2 saturated heterocycles. The lowest BCUT2D eigenvalue weighted by Crippen LogP contribution is -2.45. The van der Waals surface area contributed by atoms with Gasteiger partial charge >= 0.3 is 0 Å². The summed E-state index contributed by atoms with van der Waals surface area (Å²) in [5, 5.41) is 7.34. The minimum Gasteiger partial charge on any atom is -0.368 e. The Kier molecular flexibility index (Phi) is 14.5. The zero-order valence-corrected chi connectivity index (χ0v) is 40.6. The number of carbonyl (C=O) groups is 1. The van der Waals surface area contributed by atoms with E-state index in [2.05, 4.69) is 78.9 Å². The highest BCUT2D eigenvalue weighted by Crippen LogP contribution is 2.35. The Morgan fingerprint density at radius 3 is 2.29 bits per heavy atom. The van der Waals surface area contributed by atoms with Crippen LogP contribution in [0.4, 0.5) is 26.2 Å². The van der Waals surface area contributed by atoms with Crippen molar-refractivity contribution in [3.05, 3.63) is 107 Å². The standard InChI is InChI=1S/C27H32F2N8.C24H31N7O/c1-5-35-8-10-36(11-9-35)16-19-6-7-24(30-14-19)33-27-31-15-22(29)25(34-27)20-12-21(28)26-23(13-20)37(17(2)3)18(4)32-26;1-29(2)24(32)21-13-17-15-27-22(28-23(17)31(21)19-5-3-4-6-19)14-18-7-8-20(16-26-18)30-11-9-25-10-12-30/h6-7,12-15,17H,5,8-11,16H2,1-4H3,(H,30,31,33,34);7-8,13,15-16,19,25H,3-6,9-12,14H2,1-2H3. The van der Waals surface area contributed by atoms with E-state index in [4.69, 9.17) is 4.98 Å². The molecule has 6 aromatic heterocycles. The van der Waals surface area contributed by atoms with Crippen LogP contribution >= 0.6 is 0 Å². The molecule has 2 aliphatic heterocycles. The maximum absolute atomic E-state index is 14.9. The predicted octanol–water partition coefficient (Wildman–Crippen LogP) is 7.58. The molecule has 1 amide bonds. The van der Waals surface area contributed by atoms with Crippen LogP contribution in [-0.2, 0) is 13.0 Å². The third-order valence-electron chi connectivity index (χ3n) is 13.4. The Hall–Kier alpha value is -6.50. The van der Waals surface area contributed by atoms with Crippen LogP contribution in [0, 0.1) is 18.6 Å². The van der Waals surface area contributed by atoms with Crippen molar-refractivity contribution in [1.82, 2.24) is 64.0 Å². The summed E-state index contributed by atoms with van der Waals surface area (Å²) < 4.78 is 33.8. The van der Waals surface area contributed by atoms with Crippen molar-refractivity contribution in [2.45, 2.75) is 78.4 Å². The summed E-state index contributed by atoms with van der Waals surface area (Å²) >= 11 is 0. The second kappa shape index (κ2) is 21.0. The van der Waals surface area contributed by atoms with Crippen LogP contribution in [0.3, 0.4) is 0 Å². The predicted molar refractivity (Wildman–Crippen MR) is 266 cm³/mol. The van der Waals surface area contributed by atoms with Crippen LogP contribution in [0.15, 0.2) is 67.3 Å². The molecular weight excluding hydrogens is 877 g/mol. The van der Waals surface area contributed by atoms with E-state index < -0.39 is 11.6 Å². The highest BCUT2D eigenvalue weighted by atomic mass is 19.1. The van der Waals surface area contributed by atoms with Gasteiger partial charge in [-0.25, -0.2) is 38.7 Å². The summed E-state index contributed by atoms with van der Waals surface area (Å²) in [6.07, 6.45) is 11.9. The molecule has 69 heavy (non-hydrogen) atoms. The van der Waals surface area contributed by atoms with Gasteiger partial charge in [0, 0.05) is 114 Å². The number of piperazine rings is 2. The van der Waals surface area contributed by atoms with Gasteiger partial charge in [-0.15, -0.1) is 0 Å². The molecule has 362 valence electrons. The van der Waals surface area contributed by atoms with E-state index in [0.717, 1.165) is 118 Å². The summed E-state index contributed by atoms with van der Waals surface area (Å²) in [6.45, 7) is 18.3. The summed E-state index contributed by atoms with van der Waals surface area (Å²) in [4.78, 5) is 53.2. The lowest BCUT2D eigenvalue weighted by molar-refractivity contribution is 0.0815. The third kappa shape index (κ3) is 10.7. The molecule has 0 atom stereocenters. The number of pyridine rings is 2. The largest absolute Gasteiger partial charge is 0.368 e. The number of aromatic nitrogens is 9. The maximum Gasteiger partial charge on any atom is 0.270 e. The van der Waals surface area contributed by atoms with Gasteiger partial charge in [0.05, 0.1) is 30.0 Å². The van der Waals surface area contributed by atoms with Crippen LogP contribution in [0.1, 0.15) is 91.9 Å². The van der Waals surface area contributed by atoms with Gasteiger partial charge in [-0.2, -0.15) is 0 Å². The van der Waals surface area contributed by atoms with Gasteiger partial charge < -0.3 is 34.5 Å². The Morgan fingerprint density at radius 1 is 0.841 bits per heavy atom. The second-order valence-electron chi connectivity index (χ2n) is 18.7. The number of likely N-dealkylation sites (N-methyl/N-ethyl adjacent to an activating group) is 1. The number of halogens is 2. The van der Waals surface area contributed by atoms with Crippen LogP contribution in [0.2, 0.25) is 0 Å². The van der Waals surface area contributed by atoms with Gasteiger partial charge in [0.25, 0.3) is 5.91 Å². The molecule has 3 fully saturated rings. The molecule has 0 radical (unpaired) electrons. The van der Waals surface area contributed by atoms with Gasteiger partial charge in [0.2, 0.25) is 5.95 Å². The number of aryl methyl sites for hydroxylation is 1. The molecular formula is C51H63F2N15O. The first-order chi connectivity index (χ1) is 33.4. The summed E-state index contributed by atoms with van der Waals surface area (Å²) in [6, 6.07) is 13.4. The molecule has 1 aliphatic carbocycles. The average Bonchev–Trinajstić information content (AvgIpc) is 4.11. The lowest BCUT2D eigenvalue weighted by atomic mass is 10.1. The van der Waals surface area contributed by atoms with Crippen LogP contribution in [0.5, 0.6) is 0 Å². The molecule has 10 rings (SSSR count). The number of rotatable bonds is 12. The fraction of sp³-hybridized carbons (Fsp3) is 0.451. The zero-order chi connectivity index (χ0) is 48.2. The molecule has 8 heterocycles. The Bertz CT molecular complexity index is 2880. The Morgan fingerprint density at radius 2 is 1.61 bits per heavy atom. The first-order valence-electron chi connectivity index (χ1n) is 24.3. The molecule has 2 N–H and O–H groups in total. The zero-order valence-electron chi connectivity index (χ0n) is 40.6. The molecule has 1 aromatic carbocycles. The molecule has 7 aromatic rings. The molecule has 0 unspecified atom stereocenters. The van der Waals surface area contributed by atoms with Crippen LogP contribution in [0.25, 0.3) is 33.3 Å². The van der Waals surface area contributed by atoms with E-state index >= 15 is 0 Å². The molecule has 18 heteroatoms. The van der Waals surface area contributed by atoms with Gasteiger partial charge in [0.15, 0.2) is 11.6 Å².